The van der Waals surface area contributed by atoms with Crippen LogP contribution in [-0.2, 0) is 10.3 Å². The summed E-state index contributed by atoms with van der Waals surface area (Å²) in [4.78, 5) is 26.6. The van der Waals surface area contributed by atoms with Crippen molar-refractivity contribution in [2.75, 3.05) is 36.5 Å². The van der Waals surface area contributed by atoms with E-state index in [1.165, 1.54) is 6.33 Å². The van der Waals surface area contributed by atoms with Gasteiger partial charge in [-0.1, -0.05) is 0 Å². The van der Waals surface area contributed by atoms with Crippen molar-refractivity contribution in [3.8, 4) is 0 Å². The van der Waals surface area contributed by atoms with Crippen LogP contribution in [0.15, 0.2) is 24.8 Å². The van der Waals surface area contributed by atoms with E-state index >= 15 is 0 Å². The smallest absolute Gasteiger partial charge is 0.330 e. The van der Waals surface area contributed by atoms with Gasteiger partial charge in [0.25, 0.3) is 0 Å². The average molecular weight is 346 g/mol. The lowest BCUT2D eigenvalue weighted by molar-refractivity contribution is -0.149. The molecule has 9 nitrogen and oxygen atoms in total. The van der Waals surface area contributed by atoms with Crippen LogP contribution in [-0.4, -0.2) is 61.9 Å². The Morgan fingerprint density at radius 3 is 2.68 bits per heavy atom. The van der Waals surface area contributed by atoms with Crippen molar-refractivity contribution in [1.29, 1.82) is 0 Å². The van der Waals surface area contributed by atoms with Gasteiger partial charge in [0.15, 0.2) is 0 Å². The first kappa shape index (κ1) is 17.2. The average Bonchev–Trinajstić information content (AvgIpc) is 3.06. The monoisotopic (exact) mass is 346 g/mol. The molecule has 3 rings (SSSR count). The normalized spacial score (nSPS) is 16.6. The molecule has 1 fully saturated rings. The van der Waals surface area contributed by atoms with Crippen LogP contribution in [0.3, 0.4) is 0 Å². The molecule has 0 saturated carbocycles. The fraction of sp³-hybridized carbons (Fsp3) is 0.500. The van der Waals surface area contributed by atoms with Crippen LogP contribution in [0.1, 0.15) is 18.7 Å². The standard InChI is InChI=1S/C16H22N6O3/c1-12-17-4-8-22(12)16(15(24)25)2-6-21(7-3-16)14-10-13(18-5-9-23)19-11-20-14/h4,8,10-11,23H,2-3,5-7,9H2,1H3,(H,24,25)(H,18,19,20). The molecule has 2 aromatic heterocycles. The summed E-state index contributed by atoms with van der Waals surface area (Å²) in [5.74, 6) is 1.26. The molecule has 1 aliphatic heterocycles. The number of imidazole rings is 1. The Labute approximate surface area is 145 Å². The minimum atomic E-state index is -0.970. The predicted molar refractivity (Wildman–Crippen MR) is 91.6 cm³/mol. The second-order valence-electron chi connectivity index (χ2n) is 6.08. The molecule has 1 aliphatic rings. The number of hydrogen-bond donors (Lipinski definition) is 3. The van der Waals surface area contributed by atoms with Gasteiger partial charge in [0.2, 0.25) is 0 Å². The molecule has 0 unspecified atom stereocenters. The third-order valence-electron chi connectivity index (χ3n) is 4.67. The zero-order chi connectivity index (χ0) is 17.9. The van der Waals surface area contributed by atoms with Gasteiger partial charge in [0.05, 0.1) is 6.61 Å². The van der Waals surface area contributed by atoms with E-state index in [9.17, 15) is 9.90 Å². The number of aliphatic carboxylic acids is 1. The molecular weight excluding hydrogens is 324 g/mol. The molecule has 3 heterocycles. The summed E-state index contributed by atoms with van der Waals surface area (Å²) in [5.41, 5.74) is -0.970. The van der Waals surface area contributed by atoms with Gasteiger partial charge in [-0.05, 0) is 19.8 Å². The molecule has 134 valence electrons. The van der Waals surface area contributed by atoms with Crippen molar-refractivity contribution in [1.82, 2.24) is 19.5 Å². The van der Waals surface area contributed by atoms with Crippen molar-refractivity contribution in [2.24, 2.45) is 0 Å². The van der Waals surface area contributed by atoms with Crippen molar-refractivity contribution in [2.45, 2.75) is 25.3 Å². The summed E-state index contributed by atoms with van der Waals surface area (Å²) >= 11 is 0. The molecular formula is C16H22N6O3. The number of anilines is 2. The summed E-state index contributed by atoms with van der Waals surface area (Å²) in [7, 11) is 0. The number of aliphatic hydroxyl groups is 1. The summed E-state index contributed by atoms with van der Waals surface area (Å²) in [6.45, 7) is 3.40. The van der Waals surface area contributed by atoms with Crippen molar-refractivity contribution < 1.29 is 15.0 Å². The first-order chi connectivity index (χ1) is 12.1. The van der Waals surface area contributed by atoms with Crippen LogP contribution in [0.2, 0.25) is 0 Å². The lowest BCUT2D eigenvalue weighted by Gasteiger charge is -2.40. The van der Waals surface area contributed by atoms with Crippen LogP contribution < -0.4 is 10.2 Å². The van der Waals surface area contributed by atoms with E-state index in [1.54, 1.807) is 17.0 Å². The number of aliphatic hydroxyl groups excluding tert-OH is 1. The summed E-state index contributed by atoms with van der Waals surface area (Å²) in [6, 6.07) is 1.81. The molecule has 0 aliphatic carbocycles. The maximum absolute atomic E-state index is 12.0. The number of carboxylic acid groups (broad SMARTS) is 1. The first-order valence-electron chi connectivity index (χ1n) is 8.22. The topological polar surface area (TPSA) is 116 Å². The number of nitrogens with one attached hydrogen (secondary N) is 1. The number of aromatic nitrogens is 4. The fourth-order valence-electron chi connectivity index (χ4n) is 3.29. The van der Waals surface area contributed by atoms with Gasteiger partial charge in [-0.3, -0.25) is 0 Å². The summed E-state index contributed by atoms with van der Waals surface area (Å²) < 4.78 is 1.76. The van der Waals surface area contributed by atoms with E-state index < -0.39 is 11.5 Å². The molecule has 0 amide bonds. The zero-order valence-electron chi connectivity index (χ0n) is 14.1. The van der Waals surface area contributed by atoms with Gasteiger partial charge in [-0.25, -0.2) is 19.7 Å². The molecule has 1 saturated heterocycles. The molecule has 0 aromatic carbocycles. The molecule has 2 aromatic rings. The molecule has 0 radical (unpaired) electrons. The lowest BCUT2D eigenvalue weighted by atomic mass is 9.87. The predicted octanol–water partition coefficient (Wildman–Crippen LogP) is 0.466. The molecule has 25 heavy (non-hydrogen) atoms. The molecule has 0 atom stereocenters. The number of hydrogen-bond acceptors (Lipinski definition) is 7. The van der Waals surface area contributed by atoms with E-state index in [4.69, 9.17) is 5.11 Å². The van der Waals surface area contributed by atoms with Crippen LogP contribution in [0.5, 0.6) is 0 Å². The van der Waals surface area contributed by atoms with Crippen LogP contribution >= 0.6 is 0 Å². The number of piperidine rings is 1. The van der Waals surface area contributed by atoms with Gasteiger partial charge >= 0.3 is 5.97 Å². The molecule has 0 spiro atoms. The van der Waals surface area contributed by atoms with Crippen molar-refractivity contribution in [3.63, 3.8) is 0 Å². The Balaban J connectivity index is 1.76. The lowest BCUT2D eigenvalue weighted by Crippen LogP contribution is -2.51. The highest BCUT2D eigenvalue weighted by molar-refractivity contribution is 5.77. The minimum absolute atomic E-state index is 0.0223. The van der Waals surface area contributed by atoms with Gasteiger partial charge in [0.1, 0.15) is 29.3 Å². The van der Waals surface area contributed by atoms with E-state index in [2.05, 4.69) is 25.2 Å². The van der Waals surface area contributed by atoms with E-state index in [-0.39, 0.29) is 6.61 Å². The van der Waals surface area contributed by atoms with Crippen molar-refractivity contribution >= 4 is 17.6 Å². The maximum Gasteiger partial charge on any atom is 0.330 e. The van der Waals surface area contributed by atoms with Gasteiger partial charge in [0, 0.05) is 38.1 Å². The number of carbonyl (C=O) groups is 1. The fourth-order valence-corrected chi connectivity index (χ4v) is 3.29. The third-order valence-corrected chi connectivity index (χ3v) is 4.67. The van der Waals surface area contributed by atoms with Crippen LogP contribution in [0, 0.1) is 6.92 Å². The Kier molecular flexibility index (Phi) is 4.84. The number of carboxylic acids is 1. The van der Waals surface area contributed by atoms with Gasteiger partial charge in [-0.2, -0.15) is 0 Å². The largest absolute Gasteiger partial charge is 0.479 e. The maximum atomic E-state index is 12.0. The first-order valence-corrected chi connectivity index (χ1v) is 8.22. The second-order valence-corrected chi connectivity index (χ2v) is 6.08. The Bertz CT molecular complexity index is 739. The number of rotatable bonds is 6. The number of aryl methyl sites for hydroxylation is 1. The highest BCUT2D eigenvalue weighted by Gasteiger charge is 2.44. The highest BCUT2D eigenvalue weighted by atomic mass is 16.4. The molecule has 9 heteroatoms. The Morgan fingerprint density at radius 1 is 1.32 bits per heavy atom. The van der Waals surface area contributed by atoms with Crippen LogP contribution in [0.4, 0.5) is 11.6 Å². The zero-order valence-corrected chi connectivity index (χ0v) is 14.1. The van der Waals surface area contributed by atoms with Gasteiger partial charge < -0.3 is 25.0 Å². The Morgan fingerprint density at radius 2 is 2.08 bits per heavy atom. The minimum Gasteiger partial charge on any atom is -0.479 e. The summed E-state index contributed by atoms with van der Waals surface area (Å²) in [6.07, 6.45) is 5.76. The van der Waals surface area contributed by atoms with Gasteiger partial charge in [-0.15, -0.1) is 0 Å². The highest BCUT2D eigenvalue weighted by Crippen LogP contribution is 2.33. The quantitative estimate of drug-likeness (QED) is 0.691. The van der Waals surface area contributed by atoms with E-state index in [0.29, 0.717) is 44.1 Å². The SMILES string of the molecule is Cc1nccn1C1(C(=O)O)CCN(c2cc(NCCO)ncn2)CC1. The summed E-state index contributed by atoms with van der Waals surface area (Å²) in [5, 5.41) is 21.7. The third kappa shape index (κ3) is 3.27. The van der Waals surface area contributed by atoms with Crippen molar-refractivity contribution in [3.05, 3.63) is 30.6 Å². The molecule has 3 N–H and O–H groups in total. The molecule has 0 bridgehead atoms. The van der Waals surface area contributed by atoms with E-state index in [0.717, 1.165) is 5.82 Å². The second kappa shape index (κ2) is 7.06. The number of nitrogens with zero attached hydrogens (tertiary/aromatic N) is 5. The van der Waals surface area contributed by atoms with E-state index in [1.807, 2.05) is 13.0 Å². The Hall–Kier alpha value is -2.68. The van der Waals surface area contributed by atoms with Crippen LogP contribution in [0.25, 0.3) is 0 Å².